The monoisotopic (exact) mass is 312 g/mol. The maximum Gasteiger partial charge on any atom is 0.224 e. The Morgan fingerprint density at radius 1 is 1.29 bits per heavy atom. The lowest BCUT2D eigenvalue weighted by Gasteiger charge is -2.09. The van der Waals surface area contributed by atoms with Gasteiger partial charge >= 0.3 is 0 Å². The summed E-state index contributed by atoms with van der Waals surface area (Å²) < 4.78 is 10.1. The van der Waals surface area contributed by atoms with Crippen LogP contribution < -0.4 is 15.8 Å². The van der Waals surface area contributed by atoms with Crippen molar-refractivity contribution in [2.45, 2.75) is 19.3 Å². The standard InChI is InChI=1S/C15H24N2O3S/c1-19-8-4-10-21-9-3-5-15(18)17-14-7-6-12(20-2)11-13(14)16/h6-7,11H,3-5,8-10,16H2,1-2H3,(H,17,18). The summed E-state index contributed by atoms with van der Waals surface area (Å²) in [5.74, 6) is 2.72. The second kappa shape index (κ2) is 10.3. The summed E-state index contributed by atoms with van der Waals surface area (Å²) in [7, 11) is 3.29. The summed E-state index contributed by atoms with van der Waals surface area (Å²) in [4.78, 5) is 11.8. The first-order valence-corrected chi connectivity index (χ1v) is 8.13. The summed E-state index contributed by atoms with van der Waals surface area (Å²) in [5.41, 5.74) is 7.00. The molecule has 0 aromatic heterocycles. The molecular formula is C15H24N2O3S. The van der Waals surface area contributed by atoms with Crippen LogP contribution in [0, 0.1) is 0 Å². The molecule has 1 rings (SSSR count). The summed E-state index contributed by atoms with van der Waals surface area (Å²) in [5, 5.41) is 2.82. The van der Waals surface area contributed by atoms with E-state index in [0.717, 1.165) is 31.0 Å². The van der Waals surface area contributed by atoms with E-state index in [1.807, 2.05) is 11.8 Å². The molecule has 1 amide bonds. The summed E-state index contributed by atoms with van der Waals surface area (Å²) in [6.07, 6.45) is 2.41. The van der Waals surface area contributed by atoms with E-state index in [4.69, 9.17) is 15.2 Å². The highest BCUT2D eigenvalue weighted by Crippen LogP contribution is 2.24. The molecule has 0 radical (unpaired) electrons. The lowest BCUT2D eigenvalue weighted by molar-refractivity contribution is -0.116. The van der Waals surface area contributed by atoms with Crippen molar-refractivity contribution in [1.82, 2.24) is 0 Å². The lowest BCUT2D eigenvalue weighted by atomic mass is 10.2. The molecule has 1 aromatic rings. The number of rotatable bonds is 10. The number of carbonyl (C=O) groups excluding carboxylic acids is 1. The van der Waals surface area contributed by atoms with Crippen molar-refractivity contribution in [3.8, 4) is 5.75 Å². The van der Waals surface area contributed by atoms with E-state index in [1.54, 1.807) is 32.4 Å². The zero-order chi connectivity index (χ0) is 15.5. The number of anilines is 2. The Kier molecular flexibility index (Phi) is 8.69. The Balaban J connectivity index is 2.21. The van der Waals surface area contributed by atoms with E-state index >= 15 is 0 Å². The minimum atomic E-state index is -0.00985. The number of benzene rings is 1. The SMILES string of the molecule is COCCCSCCCC(=O)Nc1ccc(OC)cc1N. The zero-order valence-corrected chi connectivity index (χ0v) is 13.5. The molecule has 3 N–H and O–H groups in total. The Morgan fingerprint density at radius 2 is 2.05 bits per heavy atom. The van der Waals surface area contributed by atoms with Crippen LogP contribution >= 0.6 is 11.8 Å². The maximum atomic E-state index is 11.8. The van der Waals surface area contributed by atoms with E-state index in [0.29, 0.717) is 23.5 Å². The van der Waals surface area contributed by atoms with Gasteiger partial charge in [-0.3, -0.25) is 4.79 Å². The number of methoxy groups -OCH3 is 2. The molecule has 0 heterocycles. The van der Waals surface area contributed by atoms with Crippen molar-refractivity contribution < 1.29 is 14.3 Å². The molecule has 0 aliphatic carbocycles. The fraction of sp³-hybridized carbons (Fsp3) is 0.533. The number of amides is 1. The van der Waals surface area contributed by atoms with E-state index in [-0.39, 0.29) is 5.91 Å². The fourth-order valence-corrected chi connectivity index (χ4v) is 2.61. The van der Waals surface area contributed by atoms with Crippen LogP contribution in [0.5, 0.6) is 5.75 Å². The first kappa shape index (κ1) is 17.7. The first-order chi connectivity index (χ1) is 10.2. The Labute approximate surface area is 130 Å². The van der Waals surface area contributed by atoms with E-state index in [2.05, 4.69) is 5.32 Å². The smallest absolute Gasteiger partial charge is 0.224 e. The van der Waals surface area contributed by atoms with Crippen LogP contribution in [0.4, 0.5) is 11.4 Å². The van der Waals surface area contributed by atoms with Gasteiger partial charge in [0.25, 0.3) is 0 Å². The minimum absolute atomic E-state index is 0.00985. The minimum Gasteiger partial charge on any atom is -0.497 e. The van der Waals surface area contributed by atoms with Crippen molar-refractivity contribution in [2.75, 3.05) is 43.4 Å². The molecule has 0 aliphatic rings. The molecule has 0 aliphatic heterocycles. The van der Waals surface area contributed by atoms with Gasteiger partial charge in [-0.15, -0.1) is 0 Å². The van der Waals surface area contributed by atoms with Crippen molar-refractivity contribution >= 4 is 29.0 Å². The highest BCUT2D eigenvalue weighted by Gasteiger charge is 2.06. The van der Waals surface area contributed by atoms with Crippen LogP contribution in [0.2, 0.25) is 0 Å². The van der Waals surface area contributed by atoms with Crippen LogP contribution in [0.3, 0.4) is 0 Å². The normalized spacial score (nSPS) is 10.4. The predicted octanol–water partition coefficient (Wildman–Crippen LogP) is 2.77. The predicted molar refractivity (Wildman–Crippen MR) is 89.1 cm³/mol. The highest BCUT2D eigenvalue weighted by atomic mass is 32.2. The Bertz CT molecular complexity index is 441. The van der Waals surface area contributed by atoms with Crippen LogP contribution in [-0.2, 0) is 9.53 Å². The maximum absolute atomic E-state index is 11.8. The van der Waals surface area contributed by atoms with Crippen LogP contribution in [0.25, 0.3) is 0 Å². The van der Waals surface area contributed by atoms with E-state index in [9.17, 15) is 4.79 Å². The van der Waals surface area contributed by atoms with Crippen LogP contribution in [0.1, 0.15) is 19.3 Å². The van der Waals surface area contributed by atoms with Crippen molar-refractivity contribution in [1.29, 1.82) is 0 Å². The number of nitrogens with one attached hydrogen (secondary N) is 1. The molecule has 5 nitrogen and oxygen atoms in total. The third-order valence-corrected chi connectivity index (χ3v) is 4.02. The van der Waals surface area contributed by atoms with E-state index in [1.165, 1.54) is 0 Å². The molecule has 6 heteroatoms. The average Bonchev–Trinajstić information content (AvgIpc) is 2.48. The molecule has 0 unspecified atom stereocenters. The molecular weight excluding hydrogens is 288 g/mol. The second-order valence-electron chi connectivity index (χ2n) is 4.56. The van der Waals surface area contributed by atoms with Gasteiger partial charge < -0.3 is 20.5 Å². The number of nitrogen functional groups attached to an aromatic ring is 1. The molecule has 1 aromatic carbocycles. The van der Waals surface area contributed by atoms with Gasteiger partial charge in [0, 0.05) is 26.2 Å². The van der Waals surface area contributed by atoms with Crippen LogP contribution in [-0.4, -0.2) is 38.2 Å². The van der Waals surface area contributed by atoms with E-state index < -0.39 is 0 Å². The molecule has 0 saturated carbocycles. The second-order valence-corrected chi connectivity index (χ2v) is 5.79. The summed E-state index contributed by atoms with van der Waals surface area (Å²) in [6, 6.07) is 5.23. The molecule has 0 bridgehead atoms. The summed E-state index contributed by atoms with van der Waals surface area (Å²) in [6.45, 7) is 0.796. The number of ether oxygens (including phenoxy) is 2. The van der Waals surface area contributed by atoms with Gasteiger partial charge in [-0.05, 0) is 36.5 Å². The lowest BCUT2D eigenvalue weighted by Crippen LogP contribution is -2.13. The van der Waals surface area contributed by atoms with Crippen LogP contribution in [0.15, 0.2) is 18.2 Å². The quantitative estimate of drug-likeness (QED) is 0.513. The first-order valence-electron chi connectivity index (χ1n) is 6.97. The fourth-order valence-electron chi connectivity index (χ4n) is 1.74. The number of thioether (sulfide) groups is 1. The van der Waals surface area contributed by atoms with Gasteiger partial charge in [-0.25, -0.2) is 0 Å². The van der Waals surface area contributed by atoms with Gasteiger partial charge in [0.2, 0.25) is 5.91 Å². The molecule has 118 valence electrons. The Hall–Kier alpha value is -1.40. The molecule has 0 fully saturated rings. The number of carbonyl (C=O) groups is 1. The van der Waals surface area contributed by atoms with Gasteiger partial charge in [-0.2, -0.15) is 11.8 Å². The third-order valence-electron chi connectivity index (χ3n) is 2.86. The zero-order valence-electron chi connectivity index (χ0n) is 12.7. The molecule has 0 saturated heterocycles. The van der Waals surface area contributed by atoms with Crippen molar-refractivity contribution in [2.24, 2.45) is 0 Å². The highest BCUT2D eigenvalue weighted by molar-refractivity contribution is 7.99. The molecule has 21 heavy (non-hydrogen) atoms. The Morgan fingerprint density at radius 3 is 2.71 bits per heavy atom. The van der Waals surface area contributed by atoms with Gasteiger partial charge in [-0.1, -0.05) is 0 Å². The molecule has 0 spiro atoms. The largest absolute Gasteiger partial charge is 0.497 e. The number of hydrogen-bond donors (Lipinski definition) is 2. The average molecular weight is 312 g/mol. The van der Waals surface area contributed by atoms with Gasteiger partial charge in [0.05, 0.1) is 18.5 Å². The number of nitrogens with two attached hydrogens (primary N) is 1. The summed E-state index contributed by atoms with van der Waals surface area (Å²) >= 11 is 1.85. The van der Waals surface area contributed by atoms with Crippen molar-refractivity contribution in [3.05, 3.63) is 18.2 Å². The topological polar surface area (TPSA) is 73.6 Å². The van der Waals surface area contributed by atoms with Gasteiger partial charge in [0.1, 0.15) is 5.75 Å². The molecule has 0 atom stereocenters. The third kappa shape index (κ3) is 7.24. The number of hydrogen-bond acceptors (Lipinski definition) is 5. The van der Waals surface area contributed by atoms with Gasteiger partial charge in [0.15, 0.2) is 0 Å². The van der Waals surface area contributed by atoms with Crippen molar-refractivity contribution in [3.63, 3.8) is 0 Å².